The highest BCUT2D eigenvalue weighted by Gasteiger charge is 2.44. The van der Waals surface area contributed by atoms with Gasteiger partial charge in [-0.1, -0.05) is 49.3 Å². The number of hydrogen-bond acceptors (Lipinski definition) is 14. The zero-order valence-corrected chi connectivity index (χ0v) is 40.4. The summed E-state index contributed by atoms with van der Waals surface area (Å²) in [7, 11) is 0. The summed E-state index contributed by atoms with van der Waals surface area (Å²) < 4.78 is 22.2. The van der Waals surface area contributed by atoms with Gasteiger partial charge in [0.1, 0.15) is 12.0 Å². The number of aromatic hydroxyl groups is 1. The SMILES string of the molecule is Cc1ncsc1-c1ccc([C@H](C)NC(=O)[C@@H]2C[C@@H](O)CN2C(=O)C(c2cc(N3CCC(CN4CCC(n5nc(NC(C)C)c6nnc(-c7cccc(F)c7O)cc65)CC4)CC3)no2)C(C)C)cc1. The number of phenols is 1. The number of amides is 2. The molecular formula is C50H62FN11O5S. The zero-order chi connectivity index (χ0) is 47.8. The molecule has 2 amide bonds. The van der Waals surface area contributed by atoms with Crippen molar-refractivity contribution < 1.29 is 28.7 Å². The number of halogens is 1. The molecule has 3 fully saturated rings. The van der Waals surface area contributed by atoms with E-state index in [0.717, 1.165) is 85.6 Å². The number of aliphatic hydroxyl groups is 1. The summed E-state index contributed by atoms with van der Waals surface area (Å²) in [5.41, 5.74) is 6.93. The molecule has 360 valence electrons. The monoisotopic (exact) mass is 947 g/mol. The van der Waals surface area contributed by atoms with Crippen molar-refractivity contribution in [2.75, 3.05) is 49.5 Å². The van der Waals surface area contributed by atoms with Crippen LogP contribution in [0.5, 0.6) is 5.75 Å². The number of phenolic OH excluding ortho intramolecular Hbond substituents is 1. The molecule has 0 aliphatic carbocycles. The maximum Gasteiger partial charge on any atom is 0.243 e. The quantitative estimate of drug-likeness (QED) is 0.0832. The summed E-state index contributed by atoms with van der Waals surface area (Å²) in [4.78, 5) is 39.9. The van der Waals surface area contributed by atoms with Gasteiger partial charge in [0.25, 0.3) is 0 Å². The minimum absolute atomic E-state index is 0.0701. The molecule has 3 aliphatic heterocycles. The number of likely N-dealkylation sites (tertiary alicyclic amines) is 2. The Balaban J connectivity index is 0.790. The van der Waals surface area contributed by atoms with E-state index in [9.17, 15) is 24.2 Å². The summed E-state index contributed by atoms with van der Waals surface area (Å²) in [6, 6.07) is 15.3. The summed E-state index contributed by atoms with van der Waals surface area (Å²) in [5, 5.41) is 46.0. The molecule has 7 heterocycles. The molecule has 0 saturated carbocycles. The highest BCUT2D eigenvalue weighted by molar-refractivity contribution is 7.13. The second kappa shape index (κ2) is 19.9. The Morgan fingerprint density at radius 2 is 1.72 bits per heavy atom. The fourth-order valence-corrected chi connectivity index (χ4v) is 11.0. The van der Waals surface area contributed by atoms with Crippen molar-refractivity contribution in [3.8, 4) is 27.4 Å². The molecule has 3 aliphatic rings. The van der Waals surface area contributed by atoms with Crippen LogP contribution in [0.15, 0.2) is 64.6 Å². The van der Waals surface area contributed by atoms with Gasteiger partial charge in [-0.15, -0.1) is 21.5 Å². The van der Waals surface area contributed by atoms with E-state index in [1.54, 1.807) is 23.5 Å². The Morgan fingerprint density at radius 1 is 0.971 bits per heavy atom. The molecule has 9 rings (SSSR count). The summed E-state index contributed by atoms with van der Waals surface area (Å²) >= 11 is 1.59. The van der Waals surface area contributed by atoms with Gasteiger partial charge in [-0.3, -0.25) is 14.3 Å². The number of nitrogens with one attached hydrogen (secondary N) is 2. The standard InChI is InChI=1S/C50H62FN11O5S/c1-28(2)44(50(66)61-26-36(63)22-41(61)49(65)54-30(5)33-10-12-34(13-11-33)47-31(6)52-27-68-47)42-24-43(58-67-42)60-20-14-32(15-21-60)25-59-18-16-35(17-19-59)62-40-23-39(37-8-7-9-38(51)46(37)64)55-56-45(40)48(57-62)53-29(3)4/h7-13,23-24,27-30,32,35-36,41,44,63-64H,14-22,25-26H2,1-6H3,(H,53,57)(H,54,65)/t30-,36+,41-,44?/m0/s1. The van der Waals surface area contributed by atoms with E-state index in [1.807, 2.05) is 88.1 Å². The van der Waals surface area contributed by atoms with E-state index in [0.29, 0.717) is 34.5 Å². The first kappa shape index (κ1) is 47.1. The summed E-state index contributed by atoms with van der Waals surface area (Å²) in [6.07, 6.45) is 3.14. The van der Waals surface area contributed by atoms with Crippen LogP contribution in [-0.4, -0.2) is 119 Å². The van der Waals surface area contributed by atoms with E-state index >= 15 is 0 Å². The third-order valence-electron chi connectivity index (χ3n) is 13.9. The second-order valence-corrected chi connectivity index (χ2v) is 20.3. The lowest BCUT2D eigenvalue weighted by Gasteiger charge is -2.37. The van der Waals surface area contributed by atoms with Gasteiger partial charge < -0.3 is 40.1 Å². The lowest BCUT2D eigenvalue weighted by Crippen LogP contribution is -2.48. The van der Waals surface area contributed by atoms with Gasteiger partial charge in [0.15, 0.2) is 34.5 Å². The molecule has 4 aromatic heterocycles. The predicted octanol–water partition coefficient (Wildman–Crippen LogP) is 7.71. The average molecular weight is 948 g/mol. The van der Waals surface area contributed by atoms with Gasteiger partial charge in [0.2, 0.25) is 11.8 Å². The molecule has 0 spiro atoms. The smallest absolute Gasteiger partial charge is 0.243 e. The van der Waals surface area contributed by atoms with E-state index in [2.05, 4.69) is 40.8 Å². The van der Waals surface area contributed by atoms with Crippen molar-refractivity contribution in [1.82, 2.24) is 45.2 Å². The summed E-state index contributed by atoms with van der Waals surface area (Å²) in [5.74, 6) is -0.194. The number of nitrogens with zero attached hydrogens (tertiary/aromatic N) is 9. The lowest BCUT2D eigenvalue weighted by atomic mass is 9.91. The van der Waals surface area contributed by atoms with Crippen molar-refractivity contribution in [3.05, 3.63) is 82.9 Å². The molecule has 3 saturated heterocycles. The Labute approximate surface area is 399 Å². The first-order valence-corrected chi connectivity index (χ1v) is 24.8. The molecule has 68 heavy (non-hydrogen) atoms. The molecule has 2 aromatic carbocycles. The number of piperidine rings is 2. The highest BCUT2D eigenvalue weighted by atomic mass is 32.1. The number of aryl methyl sites for hydroxylation is 1. The number of aromatic nitrogens is 6. The Bertz CT molecular complexity index is 2720. The number of carbonyl (C=O) groups is 2. The first-order valence-electron chi connectivity index (χ1n) is 24.0. The van der Waals surface area contributed by atoms with Crippen molar-refractivity contribution in [1.29, 1.82) is 0 Å². The van der Waals surface area contributed by atoms with E-state index in [-0.39, 0.29) is 54.4 Å². The van der Waals surface area contributed by atoms with Crippen LogP contribution in [0.25, 0.3) is 32.7 Å². The van der Waals surface area contributed by atoms with Gasteiger partial charge in [-0.25, -0.2) is 9.37 Å². The van der Waals surface area contributed by atoms with Gasteiger partial charge in [0, 0.05) is 63.4 Å². The van der Waals surface area contributed by atoms with E-state index in [4.69, 9.17) is 9.62 Å². The van der Waals surface area contributed by atoms with Crippen LogP contribution in [0.3, 0.4) is 0 Å². The number of β-amino-alcohol motifs (C(OH)–C–C–N with tert-alkyl or cyclic N) is 1. The number of rotatable bonds is 14. The van der Waals surface area contributed by atoms with E-state index < -0.39 is 29.6 Å². The number of fused-ring (bicyclic) bond motifs is 1. The normalized spacial score (nSPS) is 19.6. The molecule has 0 bridgehead atoms. The Morgan fingerprint density at radius 3 is 2.41 bits per heavy atom. The molecule has 16 nitrogen and oxygen atoms in total. The fourth-order valence-electron chi connectivity index (χ4n) is 10.2. The number of carbonyl (C=O) groups excluding carboxylic acids is 2. The van der Waals surface area contributed by atoms with Gasteiger partial charge in [0.05, 0.1) is 45.5 Å². The Hall–Kier alpha value is -5.98. The van der Waals surface area contributed by atoms with Crippen LogP contribution in [0.2, 0.25) is 0 Å². The van der Waals surface area contributed by atoms with E-state index in [1.165, 1.54) is 11.0 Å². The average Bonchev–Trinajstić information content (AvgIpc) is 4.14. The maximum atomic E-state index is 14.4. The molecule has 6 aromatic rings. The van der Waals surface area contributed by atoms with Crippen LogP contribution in [0.1, 0.15) is 102 Å². The number of thiazole rings is 1. The van der Waals surface area contributed by atoms with Crippen LogP contribution in [0, 0.1) is 24.6 Å². The number of benzene rings is 2. The molecule has 0 radical (unpaired) electrons. The van der Waals surface area contributed by atoms with Crippen LogP contribution < -0.4 is 15.5 Å². The van der Waals surface area contributed by atoms with Crippen molar-refractivity contribution in [3.63, 3.8) is 0 Å². The third kappa shape index (κ3) is 9.81. The topological polar surface area (TPSA) is 191 Å². The minimum Gasteiger partial charge on any atom is -0.504 e. The van der Waals surface area contributed by atoms with Gasteiger partial charge in [-0.05, 0) is 94.5 Å². The van der Waals surface area contributed by atoms with Crippen LogP contribution in [-0.2, 0) is 9.59 Å². The van der Waals surface area contributed by atoms with Crippen LogP contribution in [0.4, 0.5) is 16.0 Å². The number of hydrogen-bond donors (Lipinski definition) is 4. The Kier molecular flexibility index (Phi) is 13.8. The van der Waals surface area contributed by atoms with Crippen molar-refractivity contribution >= 4 is 45.8 Å². The fraction of sp³-hybridized carbons (Fsp3) is 0.500. The van der Waals surface area contributed by atoms with Gasteiger partial charge in [-0.2, -0.15) is 5.10 Å². The lowest BCUT2D eigenvalue weighted by molar-refractivity contribution is -0.141. The molecule has 18 heteroatoms. The van der Waals surface area contributed by atoms with Crippen LogP contribution >= 0.6 is 11.3 Å². The molecular weight excluding hydrogens is 886 g/mol. The molecule has 4 N–H and O–H groups in total. The van der Waals surface area contributed by atoms with Crippen molar-refractivity contribution in [2.45, 2.75) is 110 Å². The number of para-hydroxylation sites is 1. The number of aliphatic hydroxyl groups excluding tert-OH is 1. The molecule has 4 atom stereocenters. The predicted molar refractivity (Wildman–Crippen MR) is 260 cm³/mol. The maximum absolute atomic E-state index is 14.4. The van der Waals surface area contributed by atoms with Crippen molar-refractivity contribution in [2.24, 2.45) is 11.8 Å². The van der Waals surface area contributed by atoms with Gasteiger partial charge >= 0.3 is 0 Å². The third-order valence-corrected chi connectivity index (χ3v) is 14.9. The molecule has 1 unspecified atom stereocenters. The minimum atomic E-state index is -0.815. The second-order valence-electron chi connectivity index (χ2n) is 19.5. The summed E-state index contributed by atoms with van der Waals surface area (Å²) in [6.45, 7) is 16.5. The largest absolute Gasteiger partial charge is 0.504 e. The highest BCUT2D eigenvalue weighted by Crippen LogP contribution is 2.37. The number of anilines is 2. The first-order chi connectivity index (χ1) is 32.7. The zero-order valence-electron chi connectivity index (χ0n) is 39.6.